The van der Waals surface area contributed by atoms with Crippen LogP contribution in [0.5, 0.6) is 0 Å². The third kappa shape index (κ3) is 3.10. The van der Waals surface area contributed by atoms with E-state index >= 15 is 0 Å². The fourth-order valence-corrected chi connectivity index (χ4v) is 2.41. The standard InChI is InChI=1S/C15H20N2S/c1-2-3-4-8-11-17-14(12-16-15(17)18)13-9-6-5-7-10-13/h5-7,9-10,12H,2-4,8,11H2,1H3,(H,16,18). The van der Waals surface area contributed by atoms with E-state index in [0.29, 0.717) is 0 Å². The Hall–Kier alpha value is -1.35. The smallest absolute Gasteiger partial charge is 0.177 e. The molecule has 18 heavy (non-hydrogen) atoms. The Morgan fingerprint density at radius 2 is 1.89 bits per heavy atom. The molecule has 0 aliphatic carbocycles. The summed E-state index contributed by atoms with van der Waals surface area (Å²) in [6, 6.07) is 10.4. The van der Waals surface area contributed by atoms with Crippen LogP contribution < -0.4 is 0 Å². The average Bonchev–Trinajstić information content (AvgIpc) is 2.77. The van der Waals surface area contributed by atoms with Gasteiger partial charge < -0.3 is 9.55 Å². The van der Waals surface area contributed by atoms with Gasteiger partial charge in [0.2, 0.25) is 0 Å². The molecular weight excluding hydrogens is 240 g/mol. The molecule has 0 amide bonds. The summed E-state index contributed by atoms with van der Waals surface area (Å²) in [5, 5.41) is 0. The molecule has 0 saturated heterocycles. The van der Waals surface area contributed by atoms with E-state index in [1.54, 1.807) is 0 Å². The summed E-state index contributed by atoms with van der Waals surface area (Å²) in [6.07, 6.45) is 7.05. The maximum absolute atomic E-state index is 5.36. The van der Waals surface area contributed by atoms with Crippen LogP contribution in [0.1, 0.15) is 32.6 Å². The first-order chi connectivity index (χ1) is 8.83. The van der Waals surface area contributed by atoms with Gasteiger partial charge in [-0.05, 0) is 24.2 Å². The Morgan fingerprint density at radius 3 is 2.61 bits per heavy atom. The minimum Gasteiger partial charge on any atom is -0.337 e. The van der Waals surface area contributed by atoms with Crippen molar-refractivity contribution in [1.29, 1.82) is 0 Å². The Bertz CT molecular complexity index is 525. The molecule has 0 bridgehead atoms. The second kappa shape index (κ2) is 6.55. The van der Waals surface area contributed by atoms with Crippen LogP contribution in [-0.4, -0.2) is 9.55 Å². The third-order valence-electron chi connectivity index (χ3n) is 3.17. The van der Waals surface area contributed by atoms with Crippen molar-refractivity contribution in [1.82, 2.24) is 9.55 Å². The lowest BCUT2D eigenvalue weighted by molar-refractivity contribution is 0.581. The Kier molecular flexibility index (Phi) is 4.76. The van der Waals surface area contributed by atoms with Gasteiger partial charge in [-0.25, -0.2) is 0 Å². The number of rotatable bonds is 6. The fraction of sp³-hybridized carbons (Fsp3) is 0.400. The molecule has 2 nitrogen and oxygen atoms in total. The van der Waals surface area contributed by atoms with Crippen LogP contribution >= 0.6 is 12.2 Å². The molecule has 96 valence electrons. The molecule has 0 saturated carbocycles. The molecule has 0 aliphatic heterocycles. The first kappa shape index (κ1) is 13.1. The number of nitrogens with zero attached hydrogens (tertiary/aromatic N) is 1. The van der Waals surface area contributed by atoms with E-state index in [1.807, 2.05) is 12.3 Å². The Balaban J connectivity index is 2.15. The lowest BCUT2D eigenvalue weighted by Crippen LogP contribution is -2.00. The third-order valence-corrected chi connectivity index (χ3v) is 3.51. The summed E-state index contributed by atoms with van der Waals surface area (Å²) in [4.78, 5) is 3.15. The van der Waals surface area contributed by atoms with Crippen molar-refractivity contribution in [3.63, 3.8) is 0 Å². The zero-order valence-corrected chi connectivity index (χ0v) is 11.7. The Morgan fingerprint density at radius 1 is 1.11 bits per heavy atom. The molecule has 1 aromatic heterocycles. The molecule has 0 fully saturated rings. The van der Waals surface area contributed by atoms with Gasteiger partial charge in [0, 0.05) is 12.7 Å². The monoisotopic (exact) mass is 260 g/mol. The van der Waals surface area contributed by atoms with Crippen LogP contribution in [0, 0.1) is 4.77 Å². The van der Waals surface area contributed by atoms with Crippen molar-refractivity contribution in [3.8, 4) is 11.3 Å². The SMILES string of the molecule is CCCCCCn1c(-c2ccccc2)c[nH]c1=S. The number of benzene rings is 1. The number of aromatic amines is 1. The zero-order valence-electron chi connectivity index (χ0n) is 10.9. The number of hydrogen-bond donors (Lipinski definition) is 1. The average molecular weight is 260 g/mol. The van der Waals surface area contributed by atoms with Crippen LogP contribution in [0.15, 0.2) is 36.5 Å². The highest BCUT2D eigenvalue weighted by atomic mass is 32.1. The van der Waals surface area contributed by atoms with Crippen molar-refractivity contribution in [2.75, 3.05) is 0 Å². The first-order valence-electron chi connectivity index (χ1n) is 6.66. The topological polar surface area (TPSA) is 20.7 Å². The molecule has 1 N–H and O–H groups in total. The highest BCUT2D eigenvalue weighted by Gasteiger charge is 2.05. The van der Waals surface area contributed by atoms with Gasteiger partial charge in [-0.3, -0.25) is 0 Å². The van der Waals surface area contributed by atoms with E-state index < -0.39 is 0 Å². The van der Waals surface area contributed by atoms with E-state index in [0.717, 1.165) is 11.3 Å². The highest BCUT2D eigenvalue weighted by molar-refractivity contribution is 7.71. The second-order valence-electron chi connectivity index (χ2n) is 4.56. The number of hydrogen-bond acceptors (Lipinski definition) is 1. The largest absolute Gasteiger partial charge is 0.337 e. The van der Waals surface area contributed by atoms with Gasteiger partial charge in [0.05, 0.1) is 5.69 Å². The molecule has 1 heterocycles. The predicted molar refractivity (Wildman–Crippen MR) is 79.2 cm³/mol. The summed E-state index contributed by atoms with van der Waals surface area (Å²) in [5.74, 6) is 0. The number of unbranched alkanes of at least 4 members (excludes halogenated alkanes) is 3. The molecular formula is C15H20N2S. The van der Waals surface area contributed by atoms with Crippen molar-refractivity contribution < 1.29 is 0 Å². The van der Waals surface area contributed by atoms with E-state index in [9.17, 15) is 0 Å². The van der Waals surface area contributed by atoms with Crippen molar-refractivity contribution in [2.45, 2.75) is 39.2 Å². The summed E-state index contributed by atoms with van der Waals surface area (Å²) < 4.78 is 3.03. The van der Waals surface area contributed by atoms with E-state index in [2.05, 4.69) is 40.7 Å². The number of aromatic nitrogens is 2. The molecule has 2 rings (SSSR count). The number of H-pyrrole nitrogens is 1. The van der Waals surface area contributed by atoms with Crippen LogP contribution in [0.4, 0.5) is 0 Å². The van der Waals surface area contributed by atoms with Gasteiger partial charge in [-0.2, -0.15) is 0 Å². The fourth-order valence-electron chi connectivity index (χ4n) is 2.16. The van der Waals surface area contributed by atoms with Crippen molar-refractivity contribution >= 4 is 12.2 Å². The lowest BCUT2D eigenvalue weighted by Gasteiger charge is -2.08. The maximum atomic E-state index is 5.36. The van der Waals surface area contributed by atoms with Crippen LogP contribution in [0.2, 0.25) is 0 Å². The normalized spacial score (nSPS) is 10.7. The quantitative estimate of drug-likeness (QED) is 0.585. The highest BCUT2D eigenvalue weighted by Crippen LogP contribution is 2.20. The molecule has 0 aliphatic rings. The van der Waals surface area contributed by atoms with Crippen LogP contribution in [0.25, 0.3) is 11.3 Å². The summed E-state index contributed by atoms with van der Waals surface area (Å²) in [5.41, 5.74) is 2.41. The lowest BCUT2D eigenvalue weighted by atomic mass is 10.1. The van der Waals surface area contributed by atoms with Crippen LogP contribution in [0.3, 0.4) is 0 Å². The molecule has 2 aromatic rings. The summed E-state index contributed by atoms with van der Waals surface area (Å²) in [6.45, 7) is 3.24. The van der Waals surface area contributed by atoms with Gasteiger partial charge >= 0.3 is 0 Å². The van der Waals surface area contributed by atoms with E-state index in [4.69, 9.17) is 12.2 Å². The number of imidazole rings is 1. The molecule has 0 radical (unpaired) electrons. The molecule has 0 unspecified atom stereocenters. The Labute approximate surface area is 114 Å². The molecule has 3 heteroatoms. The summed E-state index contributed by atoms with van der Waals surface area (Å²) >= 11 is 5.36. The van der Waals surface area contributed by atoms with Gasteiger partial charge in [0.25, 0.3) is 0 Å². The minimum atomic E-state index is 0.824. The minimum absolute atomic E-state index is 0.824. The van der Waals surface area contributed by atoms with Gasteiger partial charge in [-0.15, -0.1) is 0 Å². The van der Waals surface area contributed by atoms with Crippen molar-refractivity contribution in [3.05, 3.63) is 41.3 Å². The zero-order chi connectivity index (χ0) is 12.8. The summed E-state index contributed by atoms with van der Waals surface area (Å²) in [7, 11) is 0. The van der Waals surface area contributed by atoms with E-state index in [-0.39, 0.29) is 0 Å². The molecule has 0 spiro atoms. The van der Waals surface area contributed by atoms with Gasteiger partial charge in [-0.1, -0.05) is 56.5 Å². The second-order valence-corrected chi connectivity index (χ2v) is 4.94. The molecule has 0 atom stereocenters. The first-order valence-corrected chi connectivity index (χ1v) is 7.07. The number of nitrogens with one attached hydrogen (secondary N) is 1. The van der Waals surface area contributed by atoms with E-state index in [1.165, 1.54) is 36.9 Å². The van der Waals surface area contributed by atoms with Gasteiger partial charge in [0.15, 0.2) is 4.77 Å². The van der Waals surface area contributed by atoms with Gasteiger partial charge in [0.1, 0.15) is 0 Å². The van der Waals surface area contributed by atoms with Crippen LogP contribution in [-0.2, 0) is 6.54 Å². The molecule has 1 aromatic carbocycles. The van der Waals surface area contributed by atoms with Crippen molar-refractivity contribution in [2.24, 2.45) is 0 Å². The maximum Gasteiger partial charge on any atom is 0.177 e. The predicted octanol–water partition coefficient (Wildman–Crippen LogP) is 4.79.